The van der Waals surface area contributed by atoms with E-state index >= 15 is 0 Å². The van der Waals surface area contributed by atoms with Crippen molar-refractivity contribution in [1.82, 2.24) is 0 Å². The molecule has 0 atom stereocenters. The molecule has 1 aromatic rings. The first-order valence-corrected chi connectivity index (χ1v) is 8.69. The molecule has 21 heavy (non-hydrogen) atoms. The molecule has 118 valence electrons. The summed E-state index contributed by atoms with van der Waals surface area (Å²) >= 11 is 0. The molecule has 0 fully saturated rings. The van der Waals surface area contributed by atoms with Crippen molar-refractivity contribution >= 4 is 25.4 Å². The Morgan fingerprint density at radius 2 is 1.95 bits per heavy atom. The summed E-state index contributed by atoms with van der Waals surface area (Å²) in [6, 6.07) is 4.09. The second kappa shape index (κ2) is 8.04. The number of nitrogens with zero attached hydrogens (tertiary/aromatic N) is 1. The average Bonchev–Trinajstić information content (AvgIpc) is 2.41. The summed E-state index contributed by atoms with van der Waals surface area (Å²) in [4.78, 5) is 10.2. The zero-order chi connectivity index (χ0) is 15.9. The Morgan fingerprint density at radius 1 is 1.24 bits per heavy atom. The summed E-state index contributed by atoms with van der Waals surface area (Å²) in [5.41, 5.74) is -0.0842. The number of methoxy groups -OCH3 is 1. The Kier molecular flexibility index (Phi) is 6.70. The fourth-order valence-electron chi connectivity index (χ4n) is 1.63. The number of hydrogen-bond donors (Lipinski definition) is 0. The average molecular weight is 338 g/mol. The fourth-order valence-corrected chi connectivity index (χ4v) is 2.50. The van der Waals surface area contributed by atoms with Gasteiger partial charge in [-0.1, -0.05) is 0 Å². The van der Waals surface area contributed by atoms with Crippen molar-refractivity contribution in [2.45, 2.75) is 19.3 Å². The van der Waals surface area contributed by atoms with E-state index in [1.165, 1.54) is 25.3 Å². The van der Waals surface area contributed by atoms with Gasteiger partial charge in [-0.2, -0.15) is 0 Å². The first-order valence-electron chi connectivity index (χ1n) is 6.21. The first-order chi connectivity index (χ1) is 9.83. The quantitative estimate of drug-likeness (QED) is 0.297. The molecule has 0 aromatic heterocycles. The van der Waals surface area contributed by atoms with E-state index in [0.29, 0.717) is 31.6 Å². The minimum absolute atomic E-state index is 0.0747. The van der Waals surface area contributed by atoms with Crippen molar-refractivity contribution in [2.75, 3.05) is 19.5 Å². The third-order valence-electron chi connectivity index (χ3n) is 2.65. The minimum Gasteiger partial charge on any atom is -0.493 e. The highest BCUT2D eigenvalue weighted by Gasteiger charge is 2.12. The van der Waals surface area contributed by atoms with Gasteiger partial charge in [0.2, 0.25) is 9.05 Å². The van der Waals surface area contributed by atoms with Crippen molar-refractivity contribution in [1.29, 1.82) is 0 Å². The SMILES string of the molecule is COc1ccc([N+](=O)[O-])cc1OCCCCCS(=O)(=O)Cl. The van der Waals surface area contributed by atoms with Gasteiger partial charge in [0, 0.05) is 16.7 Å². The van der Waals surface area contributed by atoms with E-state index in [4.69, 9.17) is 20.2 Å². The number of nitro groups is 1. The number of benzene rings is 1. The molecular weight excluding hydrogens is 322 g/mol. The smallest absolute Gasteiger partial charge is 0.273 e. The Bertz CT molecular complexity index is 589. The molecule has 9 heteroatoms. The monoisotopic (exact) mass is 337 g/mol. The number of ether oxygens (including phenoxy) is 2. The van der Waals surface area contributed by atoms with Crippen LogP contribution in [0.5, 0.6) is 11.5 Å². The van der Waals surface area contributed by atoms with Crippen LogP contribution in [0.3, 0.4) is 0 Å². The van der Waals surface area contributed by atoms with E-state index in [-0.39, 0.29) is 17.2 Å². The summed E-state index contributed by atoms with van der Waals surface area (Å²) in [5, 5.41) is 10.7. The lowest BCUT2D eigenvalue weighted by Crippen LogP contribution is -2.02. The standard InChI is InChI=1S/C12H16ClNO6S/c1-19-11-6-5-10(14(15)16)9-12(11)20-7-3-2-4-8-21(13,17)18/h5-6,9H,2-4,7-8H2,1H3. The van der Waals surface area contributed by atoms with E-state index < -0.39 is 14.0 Å². The number of unbranched alkanes of at least 4 members (excludes halogenated alkanes) is 2. The van der Waals surface area contributed by atoms with E-state index in [1.54, 1.807) is 0 Å². The predicted octanol–water partition coefficient (Wildman–Crippen LogP) is 2.72. The molecule has 0 aliphatic rings. The topological polar surface area (TPSA) is 95.7 Å². The maximum absolute atomic E-state index is 10.7. The van der Waals surface area contributed by atoms with E-state index in [9.17, 15) is 18.5 Å². The highest BCUT2D eigenvalue weighted by Crippen LogP contribution is 2.31. The van der Waals surface area contributed by atoms with Gasteiger partial charge in [0.05, 0.1) is 30.5 Å². The number of rotatable bonds is 9. The van der Waals surface area contributed by atoms with Gasteiger partial charge in [0.25, 0.3) is 5.69 Å². The molecule has 0 unspecified atom stereocenters. The minimum atomic E-state index is -3.45. The highest BCUT2D eigenvalue weighted by atomic mass is 35.7. The van der Waals surface area contributed by atoms with Gasteiger partial charge in [-0.15, -0.1) is 0 Å². The van der Waals surface area contributed by atoms with E-state index in [2.05, 4.69) is 0 Å². The number of halogens is 1. The Morgan fingerprint density at radius 3 is 2.52 bits per heavy atom. The molecule has 0 aliphatic heterocycles. The molecule has 0 amide bonds. The molecule has 0 spiro atoms. The third kappa shape index (κ3) is 6.63. The van der Waals surface area contributed by atoms with Crippen LogP contribution in [0.25, 0.3) is 0 Å². The maximum atomic E-state index is 10.7. The summed E-state index contributed by atoms with van der Waals surface area (Å²) in [6.45, 7) is 0.305. The molecule has 0 N–H and O–H groups in total. The zero-order valence-electron chi connectivity index (χ0n) is 11.5. The van der Waals surface area contributed by atoms with Gasteiger partial charge >= 0.3 is 0 Å². The number of hydrogen-bond acceptors (Lipinski definition) is 6. The van der Waals surface area contributed by atoms with Crippen molar-refractivity contribution in [3.63, 3.8) is 0 Å². The number of non-ortho nitro benzene ring substituents is 1. The van der Waals surface area contributed by atoms with Gasteiger partial charge in [0.1, 0.15) is 0 Å². The second-order valence-electron chi connectivity index (χ2n) is 4.24. The van der Waals surface area contributed by atoms with Crippen LogP contribution in [-0.2, 0) is 9.05 Å². The molecule has 0 saturated heterocycles. The zero-order valence-corrected chi connectivity index (χ0v) is 13.0. The highest BCUT2D eigenvalue weighted by molar-refractivity contribution is 8.13. The van der Waals surface area contributed by atoms with Crippen molar-refractivity contribution < 1.29 is 22.8 Å². The lowest BCUT2D eigenvalue weighted by atomic mass is 10.2. The predicted molar refractivity (Wildman–Crippen MR) is 78.6 cm³/mol. The van der Waals surface area contributed by atoms with Gasteiger partial charge in [-0.3, -0.25) is 10.1 Å². The van der Waals surface area contributed by atoms with Crippen LogP contribution >= 0.6 is 10.7 Å². The molecule has 0 heterocycles. The van der Waals surface area contributed by atoms with Crippen LogP contribution in [0.1, 0.15) is 19.3 Å². The second-order valence-corrected chi connectivity index (χ2v) is 7.14. The van der Waals surface area contributed by atoms with Crippen LogP contribution in [-0.4, -0.2) is 32.8 Å². The van der Waals surface area contributed by atoms with Crippen molar-refractivity contribution in [3.05, 3.63) is 28.3 Å². The van der Waals surface area contributed by atoms with Gasteiger partial charge in [-0.25, -0.2) is 8.42 Å². The third-order valence-corrected chi connectivity index (χ3v) is 3.89. The first kappa shape index (κ1) is 17.5. The number of nitro benzene ring substituents is 1. The lowest BCUT2D eigenvalue weighted by Gasteiger charge is -2.10. The molecular formula is C12H16ClNO6S. The summed E-state index contributed by atoms with van der Waals surface area (Å²) < 4.78 is 31.9. The molecule has 0 aliphatic carbocycles. The van der Waals surface area contributed by atoms with Crippen LogP contribution < -0.4 is 9.47 Å². The molecule has 0 bridgehead atoms. The Labute approximate surface area is 127 Å². The largest absolute Gasteiger partial charge is 0.493 e. The van der Waals surface area contributed by atoms with E-state index in [0.717, 1.165) is 0 Å². The van der Waals surface area contributed by atoms with E-state index in [1.807, 2.05) is 0 Å². The molecule has 0 saturated carbocycles. The van der Waals surface area contributed by atoms with Crippen molar-refractivity contribution in [2.24, 2.45) is 0 Å². The summed E-state index contributed by atoms with van der Waals surface area (Å²) in [6.07, 6.45) is 1.68. The van der Waals surface area contributed by atoms with Crippen LogP contribution in [0.4, 0.5) is 5.69 Å². The van der Waals surface area contributed by atoms with Crippen LogP contribution in [0.2, 0.25) is 0 Å². The van der Waals surface area contributed by atoms with Crippen LogP contribution in [0.15, 0.2) is 18.2 Å². The lowest BCUT2D eigenvalue weighted by molar-refractivity contribution is -0.385. The fraction of sp³-hybridized carbons (Fsp3) is 0.500. The van der Waals surface area contributed by atoms with Crippen LogP contribution in [0, 0.1) is 10.1 Å². The normalized spacial score (nSPS) is 11.1. The Balaban J connectivity index is 2.47. The molecule has 0 radical (unpaired) electrons. The summed E-state index contributed by atoms with van der Waals surface area (Å²) in [7, 11) is 3.08. The maximum Gasteiger partial charge on any atom is 0.273 e. The van der Waals surface area contributed by atoms with Gasteiger partial charge < -0.3 is 9.47 Å². The Hall–Kier alpha value is -1.54. The molecule has 1 aromatic carbocycles. The molecule has 7 nitrogen and oxygen atoms in total. The van der Waals surface area contributed by atoms with Gasteiger partial charge in [-0.05, 0) is 25.3 Å². The molecule has 1 rings (SSSR count). The van der Waals surface area contributed by atoms with Crippen molar-refractivity contribution in [3.8, 4) is 11.5 Å². The summed E-state index contributed by atoms with van der Waals surface area (Å²) in [5.74, 6) is 0.620. The van der Waals surface area contributed by atoms with Gasteiger partial charge in [0.15, 0.2) is 11.5 Å².